The van der Waals surface area contributed by atoms with E-state index in [2.05, 4.69) is 53.6 Å². The highest BCUT2D eigenvalue weighted by atomic mass is 32.1. The maximum atomic E-state index is 2.27. The largest absolute Gasteiger partial charge is 0.225 e. The highest BCUT2D eigenvalue weighted by Crippen LogP contribution is 2.04. The fraction of sp³-hybridized carbons (Fsp3) is 0.250. The van der Waals surface area contributed by atoms with Crippen molar-refractivity contribution < 1.29 is 4.57 Å². The predicted molar refractivity (Wildman–Crippen MR) is 59.5 cm³/mol. The Morgan fingerprint density at radius 3 is 2.43 bits per heavy atom. The first-order valence-electron chi connectivity index (χ1n) is 4.73. The van der Waals surface area contributed by atoms with Crippen molar-refractivity contribution in [1.82, 2.24) is 0 Å². The van der Waals surface area contributed by atoms with Crippen molar-refractivity contribution in [3.8, 4) is 0 Å². The van der Waals surface area contributed by atoms with Crippen molar-refractivity contribution in [2.45, 2.75) is 20.4 Å². The van der Waals surface area contributed by atoms with Gasteiger partial charge in [-0.3, -0.25) is 0 Å². The van der Waals surface area contributed by atoms with Crippen LogP contribution >= 0.6 is 11.3 Å². The van der Waals surface area contributed by atoms with E-state index in [0.717, 1.165) is 6.54 Å². The molecule has 14 heavy (non-hydrogen) atoms. The number of rotatable bonds is 2. The molecule has 72 valence electrons. The van der Waals surface area contributed by atoms with E-state index in [4.69, 9.17) is 0 Å². The topological polar surface area (TPSA) is 3.88 Å². The summed E-state index contributed by atoms with van der Waals surface area (Å²) in [5.74, 6) is 0. The minimum atomic E-state index is 0.982. The molecular formula is C12H14NS+. The summed E-state index contributed by atoms with van der Waals surface area (Å²) in [5.41, 5.74) is 6.17. The van der Waals surface area contributed by atoms with E-state index in [9.17, 15) is 0 Å². The summed E-state index contributed by atoms with van der Waals surface area (Å²) in [6, 6.07) is 8.72. The molecule has 0 fully saturated rings. The number of nitrogens with zero attached hydrogens (tertiary/aromatic N) is 1. The van der Waals surface area contributed by atoms with Gasteiger partial charge in [-0.05, 0) is 6.92 Å². The lowest BCUT2D eigenvalue weighted by atomic mass is 10.1. The summed E-state index contributed by atoms with van der Waals surface area (Å²) in [5, 5.41) is 2.17. The lowest BCUT2D eigenvalue weighted by Crippen LogP contribution is -2.34. The first-order valence-corrected chi connectivity index (χ1v) is 5.68. The average Bonchev–Trinajstić information content (AvgIpc) is 2.56. The summed E-state index contributed by atoms with van der Waals surface area (Å²) < 4.78 is 2.27. The smallest absolute Gasteiger partial charge is 0.189 e. The molecule has 2 heteroatoms. The summed E-state index contributed by atoms with van der Waals surface area (Å²) in [4.78, 5) is 0. The Hall–Kier alpha value is -1.15. The molecule has 0 unspecified atom stereocenters. The van der Waals surface area contributed by atoms with Gasteiger partial charge in [-0.25, -0.2) is 0 Å². The summed E-state index contributed by atoms with van der Waals surface area (Å²) in [6.07, 6.45) is 0. The molecule has 1 nitrogen and oxygen atoms in total. The molecule has 0 spiro atoms. The Labute approximate surface area is 88.7 Å². The molecule has 1 aromatic heterocycles. The minimum Gasteiger partial charge on any atom is -0.189 e. The second-order valence-corrected chi connectivity index (χ2v) is 4.33. The lowest BCUT2D eigenvalue weighted by molar-refractivity contribution is -0.689. The van der Waals surface area contributed by atoms with E-state index < -0.39 is 0 Å². The van der Waals surface area contributed by atoms with E-state index in [0.29, 0.717) is 0 Å². The van der Waals surface area contributed by atoms with Crippen molar-refractivity contribution in [2.24, 2.45) is 0 Å². The van der Waals surface area contributed by atoms with E-state index >= 15 is 0 Å². The van der Waals surface area contributed by atoms with Crippen molar-refractivity contribution in [3.05, 3.63) is 52.0 Å². The van der Waals surface area contributed by atoms with Gasteiger partial charge in [-0.15, -0.1) is 0 Å². The Morgan fingerprint density at radius 1 is 1.14 bits per heavy atom. The van der Waals surface area contributed by atoms with Crippen molar-refractivity contribution in [2.75, 3.05) is 0 Å². The molecular weight excluding hydrogens is 190 g/mol. The van der Waals surface area contributed by atoms with Crippen LogP contribution in [0.15, 0.2) is 35.2 Å². The Kier molecular flexibility index (Phi) is 2.64. The third-order valence-electron chi connectivity index (χ3n) is 2.35. The zero-order chi connectivity index (χ0) is 9.97. The Bertz CT molecular complexity index is 414. The normalized spacial score (nSPS) is 10.4. The first kappa shape index (κ1) is 9.41. The maximum absolute atomic E-state index is 2.27. The number of hydrogen-bond donors (Lipinski definition) is 0. The quantitative estimate of drug-likeness (QED) is 0.662. The average molecular weight is 204 g/mol. The van der Waals surface area contributed by atoms with Gasteiger partial charge in [0.1, 0.15) is 0 Å². The van der Waals surface area contributed by atoms with Crippen molar-refractivity contribution in [1.29, 1.82) is 0 Å². The second kappa shape index (κ2) is 3.93. The molecule has 0 amide bonds. The highest BCUT2D eigenvalue weighted by molar-refractivity contribution is 7.07. The van der Waals surface area contributed by atoms with Gasteiger partial charge in [0.25, 0.3) is 0 Å². The fourth-order valence-corrected chi connectivity index (χ4v) is 2.19. The molecule has 0 saturated heterocycles. The van der Waals surface area contributed by atoms with E-state index in [1.165, 1.54) is 16.8 Å². The molecule has 2 aromatic rings. The molecule has 0 saturated carbocycles. The summed E-state index contributed by atoms with van der Waals surface area (Å²) >= 11 is 1.75. The monoisotopic (exact) mass is 204 g/mol. The molecule has 1 heterocycles. The highest BCUT2D eigenvalue weighted by Gasteiger charge is 2.07. The van der Waals surface area contributed by atoms with E-state index in [1.54, 1.807) is 11.3 Å². The molecule has 0 aliphatic carbocycles. The van der Waals surface area contributed by atoms with Crippen LogP contribution in [0.2, 0.25) is 0 Å². The molecule has 0 bridgehead atoms. The van der Waals surface area contributed by atoms with Gasteiger partial charge in [-0.1, -0.05) is 41.2 Å². The second-order valence-electron chi connectivity index (χ2n) is 3.61. The Morgan fingerprint density at radius 2 is 1.86 bits per heavy atom. The van der Waals surface area contributed by atoms with Crippen molar-refractivity contribution >= 4 is 11.3 Å². The van der Waals surface area contributed by atoms with Crippen LogP contribution in [0.4, 0.5) is 0 Å². The molecule has 0 atom stereocenters. The van der Waals surface area contributed by atoms with Crippen LogP contribution in [0.1, 0.15) is 16.8 Å². The van der Waals surface area contributed by atoms with Gasteiger partial charge >= 0.3 is 0 Å². The summed E-state index contributed by atoms with van der Waals surface area (Å²) in [7, 11) is 0. The minimum absolute atomic E-state index is 0.982. The van der Waals surface area contributed by atoms with E-state index in [1.807, 2.05) is 0 Å². The van der Waals surface area contributed by atoms with Crippen molar-refractivity contribution in [3.63, 3.8) is 0 Å². The van der Waals surface area contributed by atoms with Crippen LogP contribution in [0.25, 0.3) is 0 Å². The Balaban J connectivity index is 2.19. The van der Waals surface area contributed by atoms with Crippen LogP contribution in [-0.2, 0) is 6.54 Å². The van der Waals surface area contributed by atoms with Crippen LogP contribution in [0.3, 0.4) is 0 Å². The molecule has 0 aliphatic heterocycles. The van der Waals surface area contributed by atoms with Gasteiger partial charge in [0.2, 0.25) is 5.51 Å². The molecule has 0 N–H and O–H groups in total. The third kappa shape index (κ3) is 2.02. The lowest BCUT2D eigenvalue weighted by Gasteiger charge is -1.97. The molecule has 0 radical (unpaired) electrons. The first-order chi connectivity index (χ1) is 6.75. The molecule has 2 rings (SSSR count). The zero-order valence-electron chi connectivity index (χ0n) is 8.53. The number of hydrogen-bond acceptors (Lipinski definition) is 1. The van der Waals surface area contributed by atoms with E-state index in [-0.39, 0.29) is 0 Å². The van der Waals surface area contributed by atoms with Gasteiger partial charge in [0.15, 0.2) is 12.2 Å². The van der Waals surface area contributed by atoms with Crippen LogP contribution < -0.4 is 4.57 Å². The third-order valence-corrected chi connectivity index (χ3v) is 3.21. The molecule has 1 aromatic carbocycles. The standard InChI is InChI=1S/C12H14NS/c1-10-3-5-12(6-4-10)7-13-9-14-8-11(13)2/h3-6,8-9H,7H2,1-2H3/q+1. The number of benzene rings is 1. The van der Waals surface area contributed by atoms with Crippen LogP contribution in [0.5, 0.6) is 0 Å². The van der Waals surface area contributed by atoms with Crippen LogP contribution in [-0.4, -0.2) is 0 Å². The molecule has 0 aliphatic rings. The number of aromatic nitrogens is 1. The van der Waals surface area contributed by atoms with Gasteiger partial charge in [0.05, 0.1) is 5.38 Å². The van der Waals surface area contributed by atoms with Crippen LogP contribution in [0, 0.1) is 13.8 Å². The maximum Gasteiger partial charge on any atom is 0.225 e. The zero-order valence-corrected chi connectivity index (χ0v) is 9.34. The number of aryl methyl sites for hydroxylation is 2. The predicted octanol–water partition coefficient (Wildman–Crippen LogP) is 2.70. The SMILES string of the molecule is Cc1ccc(C[n+]2cscc2C)cc1. The number of thiazole rings is 1. The van der Waals surface area contributed by atoms with Gasteiger partial charge in [0, 0.05) is 12.5 Å². The summed E-state index contributed by atoms with van der Waals surface area (Å²) in [6.45, 7) is 5.24. The van der Waals surface area contributed by atoms with Gasteiger partial charge in [-0.2, -0.15) is 4.57 Å². The fourth-order valence-electron chi connectivity index (χ4n) is 1.41. The van der Waals surface area contributed by atoms with Gasteiger partial charge < -0.3 is 0 Å².